The first-order valence-electron chi connectivity index (χ1n) is 8.62. The summed E-state index contributed by atoms with van der Waals surface area (Å²) in [7, 11) is 1.55. The number of alkyl halides is 3. The van der Waals surface area contributed by atoms with Crippen LogP contribution in [0.15, 0.2) is 24.3 Å². The van der Waals surface area contributed by atoms with Crippen molar-refractivity contribution in [3.63, 3.8) is 0 Å². The Morgan fingerprint density at radius 3 is 2.56 bits per heavy atom. The van der Waals surface area contributed by atoms with Crippen LogP contribution in [0.1, 0.15) is 25.3 Å². The highest BCUT2D eigenvalue weighted by Crippen LogP contribution is 2.25. The van der Waals surface area contributed by atoms with E-state index < -0.39 is 6.36 Å². The number of carbonyl (C=O) groups excluding carboxylic acids is 2. The number of ether oxygens (including phenoxy) is 2. The van der Waals surface area contributed by atoms with Gasteiger partial charge in [0.05, 0.1) is 12.5 Å². The summed E-state index contributed by atoms with van der Waals surface area (Å²) >= 11 is 0. The van der Waals surface area contributed by atoms with E-state index in [4.69, 9.17) is 4.74 Å². The Morgan fingerprint density at radius 1 is 1.30 bits per heavy atom. The molecule has 1 saturated heterocycles. The molecule has 0 aliphatic carbocycles. The van der Waals surface area contributed by atoms with Crippen LogP contribution in [0.25, 0.3) is 0 Å². The lowest BCUT2D eigenvalue weighted by Gasteiger charge is -2.38. The van der Waals surface area contributed by atoms with Gasteiger partial charge < -0.3 is 19.7 Å². The van der Waals surface area contributed by atoms with E-state index in [2.05, 4.69) is 10.1 Å². The second kappa shape index (κ2) is 9.07. The van der Waals surface area contributed by atoms with E-state index in [0.29, 0.717) is 31.6 Å². The number of piperidine rings is 1. The number of halogens is 3. The molecule has 2 atom stereocenters. The van der Waals surface area contributed by atoms with Gasteiger partial charge >= 0.3 is 6.36 Å². The molecule has 1 aromatic rings. The molecule has 150 valence electrons. The highest BCUT2D eigenvalue weighted by Gasteiger charge is 2.36. The summed E-state index contributed by atoms with van der Waals surface area (Å²) in [5, 5.41) is 2.79. The summed E-state index contributed by atoms with van der Waals surface area (Å²) in [6.45, 7) is 2.85. The summed E-state index contributed by atoms with van der Waals surface area (Å²) in [6, 6.07) is 5.07. The lowest BCUT2D eigenvalue weighted by molar-refractivity contribution is -0.274. The van der Waals surface area contributed by atoms with Gasteiger partial charge in [0, 0.05) is 32.7 Å². The fourth-order valence-electron chi connectivity index (χ4n) is 3.11. The number of hydrogen-bond donors (Lipinski definition) is 1. The van der Waals surface area contributed by atoms with E-state index in [0.717, 1.165) is 0 Å². The number of methoxy groups -OCH3 is 1. The van der Waals surface area contributed by atoms with Gasteiger partial charge in [-0.1, -0.05) is 12.1 Å². The lowest BCUT2D eigenvalue weighted by Crippen LogP contribution is -2.52. The number of hydrogen-bond acceptors (Lipinski definition) is 4. The van der Waals surface area contributed by atoms with Crippen molar-refractivity contribution in [2.45, 2.75) is 38.7 Å². The summed E-state index contributed by atoms with van der Waals surface area (Å²) < 4.78 is 45.3. The lowest BCUT2D eigenvalue weighted by atomic mass is 9.89. The molecule has 2 rings (SSSR count). The van der Waals surface area contributed by atoms with Crippen LogP contribution in [0.3, 0.4) is 0 Å². The zero-order chi connectivity index (χ0) is 20.0. The van der Waals surface area contributed by atoms with Crippen LogP contribution < -0.4 is 10.1 Å². The van der Waals surface area contributed by atoms with E-state index in [1.165, 1.54) is 24.3 Å². The average molecular weight is 388 g/mol. The van der Waals surface area contributed by atoms with Crippen molar-refractivity contribution in [2.24, 2.45) is 5.92 Å². The van der Waals surface area contributed by atoms with E-state index in [9.17, 15) is 22.8 Å². The zero-order valence-corrected chi connectivity index (χ0v) is 15.2. The third-order valence-corrected chi connectivity index (χ3v) is 4.56. The predicted octanol–water partition coefficient (Wildman–Crippen LogP) is 2.47. The quantitative estimate of drug-likeness (QED) is 0.779. The molecule has 6 nitrogen and oxygen atoms in total. The van der Waals surface area contributed by atoms with E-state index in [1.54, 1.807) is 12.0 Å². The van der Waals surface area contributed by atoms with Crippen LogP contribution in [0, 0.1) is 5.92 Å². The topological polar surface area (TPSA) is 67.9 Å². The van der Waals surface area contributed by atoms with Crippen molar-refractivity contribution in [3.8, 4) is 5.75 Å². The molecule has 1 aliphatic heterocycles. The highest BCUT2D eigenvalue weighted by atomic mass is 19.4. The summed E-state index contributed by atoms with van der Waals surface area (Å²) in [5.74, 6) is -0.838. The summed E-state index contributed by atoms with van der Waals surface area (Å²) in [6.07, 6.45) is -3.97. The molecule has 2 amide bonds. The van der Waals surface area contributed by atoms with E-state index >= 15 is 0 Å². The number of nitrogens with zero attached hydrogens (tertiary/aromatic N) is 1. The third kappa shape index (κ3) is 6.13. The Morgan fingerprint density at radius 2 is 1.96 bits per heavy atom. The van der Waals surface area contributed by atoms with Crippen LogP contribution in [-0.2, 0) is 20.9 Å². The minimum Gasteiger partial charge on any atom is -0.406 e. The van der Waals surface area contributed by atoms with Crippen molar-refractivity contribution in [1.82, 2.24) is 10.2 Å². The molecule has 0 aromatic heterocycles. The van der Waals surface area contributed by atoms with Gasteiger partial charge in [0.1, 0.15) is 5.75 Å². The SMILES string of the molecule is COCCN1C(=O)CC[C@@H](C(=O)NCc2ccc(OC(F)(F)F)cc2)[C@H]1C. The predicted molar refractivity (Wildman–Crippen MR) is 90.7 cm³/mol. The Balaban J connectivity index is 1.90. The number of benzene rings is 1. The molecule has 1 heterocycles. The molecule has 1 aliphatic rings. The molecule has 9 heteroatoms. The first-order valence-corrected chi connectivity index (χ1v) is 8.62. The van der Waals surface area contributed by atoms with Crippen molar-refractivity contribution in [2.75, 3.05) is 20.3 Å². The van der Waals surface area contributed by atoms with E-state index in [1.807, 2.05) is 6.92 Å². The van der Waals surface area contributed by atoms with Crippen molar-refractivity contribution < 1.29 is 32.2 Å². The van der Waals surface area contributed by atoms with Gasteiger partial charge in [-0.25, -0.2) is 0 Å². The van der Waals surface area contributed by atoms with Crippen molar-refractivity contribution >= 4 is 11.8 Å². The minimum absolute atomic E-state index is 0.00357. The van der Waals surface area contributed by atoms with Crippen LogP contribution in [-0.4, -0.2) is 49.4 Å². The normalized spacial score (nSPS) is 20.5. The second-order valence-corrected chi connectivity index (χ2v) is 6.38. The van der Waals surface area contributed by atoms with Crippen LogP contribution in [0.4, 0.5) is 13.2 Å². The molecule has 0 radical (unpaired) electrons. The smallest absolute Gasteiger partial charge is 0.406 e. The third-order valence-electron chi connectivity index (χ3n) is 4.56. The Bertz CT molecular complexity index is 649. The van der Waals surface area contributed by atoms with Gasteiger partial charge in [0.2, 0.25) is 11.8 Å². The number of carbonyl (C=O) groups is 2. The standard InChI is InChI=1S/C18H23F3N2O4/c1-12-15(7-8-16(24)23(12)9-10-26-2)17(25)22-11-13-3-5-14(6-4-13)27-18(19,20)21/h3-6,12,15H,7-11H2,1-2H3,(H,22,25)/t12-,15-/m1/s1. The maximum absolute atomic E-state index is 12.5. The molecular formula is C18H23F3N2O4. The minimum atomic E-state index is -4.74. The van der Waals surface area contributed by atoms with Gasteiger partial charge in [-0.2, -0.15) is 0 Å². The fourth-order valence-corrected chi connectivity index (χ4v) is 3.11. The van der Waals surface area contributed by atoms with Gasteiger partial charge in [-0.05, 0) is 31.0 Å². The number of rotatable bonds is 7. The monoisotopic (exact) mass is 388 g/mol. The van der Waals surface area contributed by atoms with Gasteiger partial charge in [0.25, 0.3) is 0 Å². The van der Waals surface area contributed by atoms with Crippen molar-refractivity contribution in [3.05, 3.63) is 29.8 Å². The van der Waals surface area contributed by atoms with Gasteiger partial charge in [-0.3, -0.25) is 9.59 Å². The molecule has 1 fully saturated rings. The van der Waals surface area contributed by atoms with Crippen molar-refractivity contribution in [1.29, 1.82) is 0 Å². The Kier molecular flexibility index (Phi) is 7.06. The second-order valence-electron chi connectivity index (χ2n) is 6.38. The first-order chi connectivity index (χ1) is 12.7. The van der Waals surface area contributed by atoms with Gasteiger partial charge in [0.15, 0.2) is 0 Å². The zero-order valence-electron chi connectivity index (χ0n) is 15.2. The maximum Gasteiger partial charge on any atom is 0.573 e. The van der Waals surface area contributed by atoms with Crippen LogP contribution in [0.2, 0.25) is 0 Å². The molecular weight excluding hydrogens is 365 g/mol. The number of nitrogens with one attached hydrogen (secondary N) is 1. The average Bonchev–Trinajstić information content (AvgIpc) is 2.59. The number of likely N-dealkylation sites (tertiary alicyclic amines) is 1. The maximum atomic E-state index is 12.5. The molecule has 1 aromatic carbocycles. The van der Waals surface area contributed by atoms with Crippen LogP contribution >= 0.6 is 0 Å². The Labute approximate surface area is 155 Å². The van der Waals surface area contributed by atoms with E-state index in [-0.39, 0.29) is 36.1 Å². The largest absolute Gasteiger partial charge is 0.573 e. The highest BCUT2D eigenvalue weighted by molar-refractivity contribution is 5.84. The number of amides is 2. The molecule has 0 bridgehead atoms. The molecule has 27 heavy (non-hydrogen) atoms. The molecule has 0 saturated carbocycles. The Hall–Kier alpha value is -2.29. The molecule has 1 N–H and O–H groups in total. The summed E-state index contributed by atoms with van der Waals surface area (Å²) in [5.41, 5.74) is 0.647. The fraction of sp³-hybridized carbons (Fsp3) is 0.556. The first kappa shape index (κ1) is 21.0. The molecule has 0 unspecified atom stereocenters. The van der Waals surface area contributed by atoms with Crippen LogP contribution in [0.5, 0.6) is 5.75 Å². The molecule has 0 spiro atoms. The summed E-state index contributed by atoms with van der Waals surface area (Å²) in [4.78, 5) is 26.2. The van der Waals surface area contributed by atoms with Gasteiger partial charge in [-0.15, -0.1) is 13.2 Å².